The third-order valence-corrected chi connectivity index (χ3v) is 3.29. The fourth-order valence-electron chi connectivity index (χ4n) is 2.10. The first-order valence-electron chi connectivity index (χ1n) is 6.95. The molecule has 1 atom stereocenters. The zero-order valence-electron chi connectivity index (χ0n) is 12.0. The van der Waals surface area contributed by atoms with Crippen LogP contribution in [0, 0.1) is 0 Å². The first-order valence-corrected chi connectivity index (χ1v) is 6.95. The Hall–Kier alpha value is -2.14. The van der Waals surface area contributed by atoms with Gasteiger partial charge in [0.15, 0.2) is 0 Å². The van der Waals surface area contributed by atoms with E-state index in [0.29, 0.717) is 12.1 Å². The van der Waals surface area contributed by atoms with Crippen LogP contribution in [0.3, 0.4) is 0 Å². The summed E-state index contributed by atoms with van der Waals surface area (Å²) in [7, 11) is 1.34. The molecule has 1 unspecified atom stereocenters. The van der Waals surface area contributed by atoms with Gasteiger partial charge in [-0.3, -0.25) is 4.79 Å². The van der Waals surface area contributed by atoms with Gasteiger partial charge in [0.05, 0.1) is 18.8 Å². The molecule has 1 amide bonds. The summed E-state index contributed by atoms with van der Waals surface area (Å²) in [6.07, 6.45) is 5.37. The van der Waals surface area contributed by atoms with E-state index >= 15 is 0 Å². The van der Waals surface area contributed by atoms with Crippen molar-refractivity contribution in [2.75, 3.05) is 20.3 Å². The minimum absolute atomic E-state index is 0.140. The monoisotopic (exact) mass is 289 g/mol. The molecule has 0 spiro atoms. The van der Waals surface area contributed by atoms with E-state index in [0.717, 1.165) is 25.0 Å². The van der Waals surface area contributed by atoms with Gasteiger partial charge in [-0.1, -0.05) is 12.1 Å². The van der Waals surface area contributed by atoms with Gasteiger partial charge in [-0.25, -0.2) is 4.79 Å². The molecule has 1 saturated heterocycles. The van der Waals surface area contributed by atoms with Crippen LogP contribution >= 0.6 is 0 Å². The van der Waals surface area contributed by atoms with Crippen LogP contribution in [0.15, 0.2) is 30.3 Å². The Bertz CT molecular complexity index is 516. The molecule has 1 aromatic rings. The number of amides is 1. The molecular formula is C16H19NO4. The molecule has 0 bridgehead atoms. The third kappa shape index (κ3) is 4.72. The summed E-state index contributed by atoms with van der Waals surface area (Å²) in [4.78, 5) is 23.0. The summed E-state index contributed by atoms with van der Waals surface area (Å²) in [5.74, 6) is -0.526. The molecule has 5 nitrogen and oxygen atoms in total. The number of methoxy groups -OCH3 is 1. The van der Waals surface area contributed by atoms with Crippen molar-refractivity contribution in [1.82, 2.24) is 5.32 Å². The molecule has 1 aromatic carbocycles. The maximum absolute atomic E-state index is 11.7. The van der Waals surface area contributed by atoms with Crippen molar-refractivity contribution in [3.63, 3.8) is 0 Å². The van der Waals surface area contributed by atoms with E-state index in [1.165, 1.54) is 13.2 Å². The van der Waals surface area contributed by atoms with Crippen LogP contribution in [-0.2, 0) is 14.3 Å². The average Bonchev–Trinajstić information content (AvgIpc) is 3.04. The second kappa shape index (κ2) is 7.59. The number of benzene rings is 1. The molecule has 0 aliphatic carbocycles. The molecule has 1 N–H and O–H groups in total. The van der Waals surface area contributed by atoms with Gasteiger partial charge < -0.3 is 14.8 Å². The lowest BCUT2D eigenvalue weighted by Crippen LogP contribution is -2.30. The molecule has 1 heterocycles. The maximum Gasteiger partial charge on any atom is 0.337 e. The minimum Gasteiger partial charge on any atom is -0.465 e. The Kier molecular flexibility index (Phi) is 5.51. The lowest BCUT2D eigenvalue weighted by atomic mass is 10.1. The Morgan fingerprint density at radius 3 is 2.76 bits per heavy atom. The van der Waals surface area contributed by atoms with Crippen molar-refractivity contribution in [2.45, 2.75) is 18.9 Å². The summed E-state index contributed by atoms with van der Waals surface area (Å²) in [5.41, 5.74) is 1.33. The van der Waals surface area contributed by atoms with Crippen molar-refractivity contribution in [3.8, 4) is 0 Å². The zero-order valence-corrected chi connectivity index (χ0v) is 12.0. The van der Waals surface area contributed by atoms with Crippen molar-refractivity contribution in [3.05, 3.63) is 41.5 Å². The third-order valence-electron chi connectivity index (χ3n) is 3.29. The fourth-order valence-corrected chi connectivity index (χ4v) is 2.10. The van der Waals surface area contributed by atoms with E-state index in [2.05, 4.69) is 10.1 Å². The minimum atomic E-state index is -0.375. The van der Waals surface area contributed by atoms with Crippen LogP contribution in [0.5, 0.6) is 0 Å². The van der Waals surface area contributed by atoms with Gasteiger partial charge in [0.2, 0.25) is 5.91 Å². The van der Waals surface area contributed by atoms with E-state index in [1.54, 1.807) is 30.3 Å². The van der Waals surface area contributed by atoms with Gasteiger partial charge in [0, 0.05) is 19.2 Å². The van der Waals surface area contributed by atoms with Gasteiger partial charge >= 0.3 is 5.97 Å². The molecular weight excluding hydrogens is 270 g/mol. The van der Waals surface area contributed by atoms with E-state index in [1.807, 2.05) is 0 Å². The lowest BCUT2D eigenvalue weighted by Gasteiger charge is -2.08. The van der Waals surface area contributed by atoms with Crippen LogP contribution in [0.1, 0.15) is 28.8 Å². The van der Waals surface area contributed by atoms with Crippen molar-refractivity contribution in [1.29, 1.82) is 0 Å². The van der Waals surface area contributed by atoms with Crippen LogP contribution in [0.4, 0.5) is 0 Å². The SMILES string of the molecule is COC(=O)c1ccc(/C=C/C(=O)NCC2CCCO2)cc1. The van der Waals surface area contributed by atoms with Gasteiger partial charge in [-0.2, -0.15) is 0 Å². The van der Waals surface area contributed by atoms with Gasteiger partial charge in [0.1, 0.15) is 0 Å². The molecule has 5 heteroatoms. The summed E-state index contributed by atoms with van der Waals surface area (Å²) in [6, 6.07) is 6.85. The lowest BCUT2D eigenvalue weighted by molar-refractivity contribution is -0.116. The number of hydrogen-bond donors (Lipinski definition) is 1. The Balaban J connectivity index is 1.82. The van der Waals surface area contributed by atoms with Gasteiger partial charge in [-0.15, -0.1) is 0 Å². The standard InChI is InChI=1S/C16H19NO4/c1-20-16(19)13-7-4-12(5-8-13)6-9-15(18)17-11-14-3-2-10-21-14/h4-9,14H,2-3,10-11H2,1H3,(H,17,18)/b9-6+. The normalized spacial score (nSPS) is 17.9. The highest BCUT2D eigenvalue weighted by Gasteiger charge is 2.15. The van der Waals surface area contributed by atoms with E-state index < -0.39 is 0 Å². The summed E-state index contributed by atoms with van der Waals surface area (Å²) < 4.78 is 10.1. The number of nitrogens with one attached hydrogen (secondary N) is 1. The number of carbonyl (C=O) groups excluding carboxylic acids is 2. The second-order valence-electron chi connectivity index (χ2n) is 4.83. The molecule has 1 aliphatic rings. The molecule has 0 radical (unpaired) electrons. The number of hydrogen-bond acceptors (Lipinski definition) is 4. The van der Waals surface area contributed by atoms with Crippen molar-refractivity contribution < 1.29 is 19.1 Å². The first kappa shape index (κ1) is 15.3. The van der Waals surface area contributed by atoms with Crippen LogP contribution in [0.25, 0.3) is 6.08 Å². The molecule has 1 fully saturated rings. The van der Waals surface area contributed by atoms with E-state index in [-0.39, 0.29) is 18.0 Å². The van der Waals surface area contributed by atoms with Gasteiger partial charge in [0.25, 0.3) is 0 Å². The van der Waals surface area contributed by atoms with Crippen LogP contribution in [-0.4, -0.2) is 38.2 Å². The molecule has 0 saturated carbocycles. The zero-order chi connectivity index (χ0) is 15.1. The Morgan fingerprint density at radius 2 is 2.14 bits per heavy atom. The highest BCUT2D eigenvalue weighted by molar-refractivity contribution is 5.92. The quantitative estimate of drug-likeness (QED) is 0.663. The molecule has 0 aromatic heterocycles. The Labute approximate surface area is 123 Å². The highest BCUT2D eigenvalue weighted by Crippen LogP contribution is 2.10. The molecule has 2 rings (SSSR count). The number of rotatable bonds is 5. The highest BCUT2D eigenvalue weighted by atomic mass is 16.5. The average molecular weight is 289 g/mol. The number of ether oxygens (including phenoxy) is 2. The molecule has 1 aliphatic heterocycles. The topological polar surface area (TPSA) is 64.6 Å². The second-order valence-corrected chi connectivity index (χ2v) is 4.83. The predicted octanol–water partition coefficient (Wildman–Crippen LogP) is 1.78. The summed E-state index contributed by atoms with van der Waals surface area (Å²) in [6.45, 7) is 1.33. The van der Waals surface area contributed by atoms with E-state index in [4.69, 9.17) is 4.74 Å². The fraction of sp³-hybridized carbons (Fsp3) is 0.375. The maximum atomic E-state index is 11.7. The van der Waals surface area contributed by atoms with E-state index in [9.17, 15) is 9.59 Å². The number of esters is 1. The largest absolute Gasteiger partial charge is 0.465 e. The Morgan fingerprint density at radius 1 is 1.38 bits per heavy atom. The predicted molar refractivity (Wildman–Crippen MR) is 78.8 cm³/mol. The first-order chi connectivity index (χ1) is 10.2. The molecule has 21 heavy (non-hydrogen) atoms. The number of carbonyl (C=O) groups is 2. The molecule has 112 valence electrons. The summed E-state index contributed by atoms with van der Waals surface area (Å²) in [5, 5.41) is 2.81. The van der Waals surface area contributed by atoms with Crippen molar-refractivity contribution >= 4 is 18.0 Å². The smallest absolute Gasteiger partial charge is 0.337 e. The van der Waals surface area contributed by atoms with Gasteiger partial charge in [-0.05, 0) is 36.6 Å². The van der Waals surface area contributed by atoms with Crippen LogP contribution < -0.4 is 5.32 Å². The van der Waals surface area contributed by atoms with Crippen molar-refractivity contribution in [2.24, 2.45) is 0 Å². The summed E-state index contributed by atoms with van der Waals surface area (Å²) >= 11 is 0. The van der Waals surface area contributed by atoms with Crippen LogP contribution in [0.2, 0.25) is 0 Å².